The molecule has 0 aliphatic heterocycles. The molecule has 0 saturated heterocycles. The monoisotopic (exact) mass is 373 g/mol. The van der Waals surface area contributed by atoms with Crippen LogP contribution in [-0.4, -0.2) is 78.2 Å². The molecular formula is C11H20CaNNaO9. The normalized spacial score (nSPS) is 8.65. The van der Waals surface area contributed by atoms with Crippen molar-refractivity contribution in [2.75, 3.05) is 0 Å². The maximum atomic E-state index is 9.88. The Morgan fingerprint density at radius 2 is 1.26 bits per heavy atom. The molecular weight excluding hydrogens is 353 g/mol. The summed E-state index contributed by atoms with van der Waals surface area (Å²) >= 11 is 0. The van der Waals surface area contributed by atoms with E-state index in [-0.39, 0.29) is 98.5 Å². The molecule has 0 bridgehead atoms. The van der Waals surface area contributed by atoms with Gasteiger partial charge in [0.2, 0.25) is 0 Å². The number of hydrogen-bond acceptors (Lipinski definition) is 8. The van der Waals surface area contributed by atoms with Gasteiger partial charge in [0.15, 0.2) is 0 Å². The standard InChI is InChI=1S/C5H9NO4.2C3H6O2.Ca.Na.H2O/c6-3(5(9)10)1-2-4(7)8;2*1-2-3(4)5;;;/h3H,1-2,6H2,(H,7,8)(H,9,10);2*2H2,1H3,(H,4,5);;;1H2/q;;;+2;+1;/p-3/t3-;;;;;/m0...../s1. The van der Waals surface area contributed by atoms with E-state index in [1.165, 1.54) is 13.8 Å². The molecule has 0 rings (SSSR count). The van der Waals surface area contributed by atoms with Crippen molar-refractivity contribution in [3.8, 4) is 0 Å². The molecule has 0 heterocycles. The summed E-state index contributed by atoms with van der Waals surface area (Å²) in [6.07, 6.45) is -0.104. The number of carboxylic acids is 4. The molecule has 0 fully saturated rings. The molecule has 10 nitrogen and oxygen atoms in total. The Bertz CT molecular complexity index is 315. The molecule has 0 radical (unpaired) electrons. The van der Waals surface area contributed by atoms with Crippen molar-refractivity contribution in [3.63, 3.8) is 0 Å². The minimum Gasteiger partial charge on any atom is -0.550 e. The summed E-state index contributed by atoms with van der Waals surface area (Å²) in [5.74, 6) is -4.46. The van der Waals surface area contributed by atoms with Gasteiger partial charge in [-0.3, -0.25) is 4.79 Å². The molecule has 126 valence electrons. The molecule has 0 saturated carbocycles. The van der Waals surface area contributed by atoms with Gasteiger partial charge in [0.1, 0.15) is 0 Å². The Hall–Kier alpha value is 0.0597. The van der Waals surface area contributed by atoms with Crippen LogP contribution < -0.4 is 50.6 Å². The van der Waals surface area contributed by atoms with Crippen molar-refractivity contribution in [1.82, 2.24) is 0 Å². The van der Waals surface area contributed by atoms with E-state index in [4.69, 9.17) is 10.8 Å². The zero-order valence-electron chi connectivity index (χ0n) is 13.5. The zero-order valence-corrected chi connectivity index (χ0v) is 17.7. The first kappa shape index (κ1) is 38.6. The maximum Gasteiger partial charge on any atom is 2.00 e. The maximum absolute atomic E-state index is 9.88. The quantitative estimate of drug-likeness (QED) is 0.422. The number of hydrogen-bond donors (Lipinski definition) is 2. The Balaban J connectivity index is -0.0000000483. The second kappa shape index (κ2) is 26.9. The second-order valence-corrected chi connectivity index (χ2v) is 3.31. The van der Waals surface area contributed by atoms with Crippen LogP contribution in [0, 0.1) is 0 Å². The Kier molecular flexibility index (Phi) is 45.1. The minimum absolute atomic E-state index is 0. The van der Waals surface area contributed by atoms with Crippen LogP contribution in [0.1, 0.15) is 39.5 Å². The van der Waals surface area contributed by atoms with Crippen molar-refractivity contribution >= 4 is 61.6 Å². The van der Waals surface area contributed by atoms with Gasteiger partial charge in [-0.05, 0) is 19.3 Å². The first-order valence-electron chi connectivity index (χ1n) is 5.66. The van der Waals surface area contributed by atoms with Crippen molar-refractivity contribution in [2.24, 2.45) is 5.73 Å². The fourth-order valence-electron chi connectivity index (χ4n) is 0.397. The molecule has 0 aromatic rings. The van der Waals surface area contributed by atoms with Crippen LogP contribution in [0.5, 0.6) is 0 Å². The number of aliphatic carboxylic acids is 4. The van der Waals surface area contributed by atoms with E-state index < -0.39 is 29.9 Å². The molecule has 12 heteroatoms. The van der Waals surface area contributed by atoms with Crippen LogP contribution in [0.25, 0.3) is 0 Å². The largest absolute Gasteiger partial charge is 2.00 e. The van der Waals surface area contributed by atoms with Gasteiger partial charge >= 0.3 is 73.3 Å². The SMILES string of the molecule is CCC(=O)[O-].CCC(=O)[O-].N[C@@H](CCC(=O)O)C(=O)[O-].O.[Ca+2].[Na+]. The zero-order chi connectivity index (χ0) is 16.7. The average Bonchev–Trinajstić information content (AvgIpc) is 2.36. The second-order valence-electron chi connectivity index (χ2n) is 3.31. The molecule has 0 aromatic carbocycles. The van der Waals surface area contributed by atoms with E-state index >= 15 is 0 Å². The molecule has 0 amide bonds. The first-order chi connectivity index (χ1) is 9.08. The summed E-state index contributed by atoms with van der Waals surface area (Å²) in [7, 11) is 0. The topological polar surface area (TPSA) is 215 Å². The molecule has 0 aromatic heterocycles. The van der Waals surface area contributed by atoms with Crippen LogP contribution >= 0.6 is 0 Å². The van der Waals surface area contributed by atoms with E-state index in [9.17, 15) is 34.5 Å². The number of carbonyl (C=O) groups excluding carboxylic acids is 3. The third-order valence-electron chi connectivity index (χ3n) is 1.55. The summed E-state index contributed by atoms with van der Waals surface area (Å²) < 4.78 is 0. The van der Waals surface area contributed by atoms with E-state index in [0.717, 1.165) is 0 Å². The molecule has 0 aliphatic carbocycles. The van der Waals surface area contributed by atoms with Gasteiger partial charge in [0, 0.05) is 24.4 Å². The predicted octanol–water partition coefficient (Wildman–Crippen LogP) is -7.98. The van der Waals surface area contributed by atoms with Crippen LogP contribution in [0.4, 0.5) is 0 Å². The third kappa shape index (κ3) is 52.0. The summed E-state index contributed by atoms with van der Waals surface area (Å²) in [6, 6.07) is -1.17. The number of rotatable bonds is 6. The van der Waals surface area contributed by atoms with E-state index in [1.807, 2.05) is 0 Å². The van der Waals surface area contributed by atoms with Gasteiger partial charge < -0.3 is 46.0 Å². The van der Waals surface area contributed by atoms with Crippen molar-refractivity contribution in [1.29, 1.82) is 0 Å². The van der Waals surface area contributed by atoms with Gasteiger partial charge in [0.05, 0.1) is 5.97 Å². The van der Waals surface area contributed by atoms with Crippen molar-refractivity contribution in [2.45, 2.75) is 45.6 Å². The van der Waals surface area contributed by atoms with E-state index in [2.05, 4.69) is 0 Å². The smallest absolute Gasteiger partial charge is 0.550 e. The van der Waals surface area contributed by atoms with Crippen LogP contribution in [-0.2, 0) is 19.2 Å². The summed E-state index contributed by atoms with van der Waals surface area (Å²) in [4.78, 5) is 38.3. The van der Waals surface area contributed by atoms with E-state index in [1.54, 1.807) is 0 Å². The number of carbonyl (C=O) groups is 4. The van der Waals surface area contributed by atoms with Crippen molar-refractivity contribution < 1.29 is 74.6 Å². The van der Waals surface area contributed by atoms with Gasteiger partial charge in [-0.25, -0.2) is 0 Å². The van der Waals surface area contributed by atoms with Gasteiger partial charge in [-0.1, -0.05) is 13.8 Å². The molecule has 0 spiro atoms. The predicted molar refractivity (Wildman–Crippen MR) is 69.8 cm³/mol. The average molecular weight is 373 g/mol. The van der Waals surface area contributed by atoms with Crippen LogP contribution in [0.15, 0.2) is 0 Å². The Morgan fingerprint density at radius 3 is 1.39 bits per heavy atom. The van der Waals surface area contributed by atoms with Crippen molar-refractivity contribution in [3.05, 3.63) is 0 Å². The van der Waals surface area contributed by atoms with Gasteiger partial charge in [-0.2, -0.15) is 0 Å². The van der Waals surface area contributed by atoms with Crippen LogP contribution in [0.3, 0.4) is 0 Å². The molecule has 5 N–H and O–H groups in total. The van der Waals surface area contributed by atoms with Crippen LogP contribution in [0.2, 0.25) is 0 Å². The van der Waals surface area contributed by atoms with Gasteiger partial charge in [-0.15, -0.1) is 0 Å². The number of nitrogens with two attached hydrogens (primary N) is 1. The Morgan fingerprint density at radius 1 is 1.00 bits per heavy atom. The van der Waals surface area contributed by atoms with E-state index in [0.29, 0.717) is 0 Å². The van der Waals surface area contributed by atoms with Gasteiger partial charge in [0.25, 0.3) is 0 Å². The molecule has 23 heavy (non-hydrogen) atoms. The minimum atomic E-state index is -1.42. The Labute approximate surface area is 186 Å². The fraction of sp³-hybridized carbons (Fsp3) is 0.636. The third-order valence-corrected chi connectivity index (χ3v) is 1.55. The first-order valence-corrected chi connectivity index (χ1v) is 5.66. The number of carboxylic acid groups (broad SMARTS) is 4. The summed E-state index contributed by atoms with van der Waals surface area (Å²) in [5, 5.41) is 36.5. The molecule has 1 atom stereocenters. The molecule has 0 aliphatic rings. The fourth-order valence-corrected chi connectivity index (χ4v) is 0.397. The summed E-state index contributed by atoms with van der Waals surface area (Å²) in [6.45, 7) is 3.07. The molecule has 0 unspecified atom stereocenters. The summed E-state index contributed by atoms with van der Waals surface area (Å²) in [5.41, 5.74) is 4.94.